The van der Waals surface area contributed by atoms with Crippen LogP contribution in [0.4, 0.5) is 0 Å². The summed E-state index contributed by atoms with van der Waals surface area (Å²) in [5.74, 6) is 0.132. The van der Waals surface area contributed by atoms with Crippen molar-refractivity contribution in [3.05, 3.63) is 24.0 Å². The monoisotopic (exact) mass is 339 g/mol. The van der Waals surface area contributed by atoms with Crippen molar-refractivity contribution in [2.24, 2.45) is 12.5 Å². The Balaban J connectivity index is 1.61. The second-order valence-electron chi connectivity index (χ2n) is 6.79. The van der Waals surface area contributed by atoms with Gasteiger partial charge in [0.25, 0.3) is 5.91 Å². The van der Waals surface area contributed by atoms with Crippen LogP contribution in [0.5, 0.6) is 0 Å². The van der Waals surface area contributed by atoms with Gasteiger partial charge in [0.1, 0.15) is 0 Å². The van der Waals surface area contributed by atoms with Gasteiger partial charge in [0.05, 0.1) is 11.3 Å². The molecule has 0 bridgehead atoms. The van der Waals surface area contributed by atoms with Gasteiger partial charge in [-0.05, 0) is 44.1 Å². The Labute approximate surface area is 137 Å². The highest BCUT2D eigenvalue weighted by molar-refractivity contribution is 7.89. The molecule has 6 nitrogen and oxygen atoms in total. The first-order valence-electron chi connectivity index (χ1n) is 8.27. The Morgan fingerprint density at radius 1 is 1.35 bits per heavy atom. The minimum atomic E-state index is -3.09. The third kappa shape index (κ3) is 3.04. The van der Waals surface area contributed by atoms with Gasteiger partial charge in [0.15, 0.2) is 0 Å². The maximum absolute atomic E-state index is 12.3. The molecule has 1 spiro atoms. The van der Waals surface area contributed by atoms with E-state index >= 15 is 0 Å². The molecule has 0 radical (unpaired) electrons. The summed E-state index contributed by atoms with van der Waals surface area (Å²) in [5, 5.41) is 3.15. The summed E-state index contributed by atoms with van der Waals surface area (Å²) >= 11 is 0. The fraction of sp³-hybridized carbons (Fsp3) is 0.688. The molecule has 1 saturated carbocycles. The highest BCUT2D eigenvalue weighted by atomic mass is 32.2. The first-order chi connectivity index (χ1) is 10.9. The second-order valence-corrected chi connectivity index (χ2v) is 9.05. The number of nitrogens with one attached hydrogen (secondary N) is 1. The number of rotatable bonds is 4. The van der Waals surface area contributed by atoms with E-state index in [1.165, 1.54) is 0 Å². The number of sulfonamides is 1. The van der Waals surface area contributed by atoms with E-state index in [9.17, 15) is 13.2 Å². The molecule has 1 aliphatic carbocycles. The number of aryl methyl sites for hydroxylation is 1. The van der Waals surface area contributed by atoms with Crippen LogP contribution < -0.4 is 5.32 Å². The van der Waals surface area contributed by atoms with Crippen LogP contribution >= 0.6 is 0 Å². The van der Waals surface area contributed by atoms with Crippen LogP contribution in [0.15, 0.2) is 18.5 Å². The molecule has 1 aromatic heterocycles. The first-order valence-corrected chi connectivity index (χ1v) is 9.88. The smallest absolute Gasteiger partial charge is 0.253 e. The normalized spacial score (nSPS) is 24.3. The minimum Gasteiger partial charge on any atom is -0.356 e. The molecular weight excluding hydrogens is 314 g/mol. The molecule has 1 aromatic rings. The number of carbonyl (C=O) groups excluding carboxylic acids is 1. The summed E-state index contributed by atoms with van der Waals surface area (Å²) < 4.78 is 27.4. The fourth-order valence-electron chi connectivity index (χ4n) is 3.79. The van der Waals surface area contributed by atoms with Crippen molar-refractivity contribution in [2.45, 2.75) is 38.6 Å². The molecule has 2 fully saturated rings. The van der Waals surface area contributed by atoms with Crippen molar-refractivity contribution in [3.63, 3.8) is 0 Å². The lowest BCUT2D eigenvalue weighted by atomic mass is 9.59. The van der Waals surface area contributed by atoms with Gasteiger partial charge in [-0.25, -0.2) is 12.7 Å². The summed E-state index contributed by atoms with van der Waals surface area (Å²) in [6, 6.07) is 1.98. The third-order valence-electron chi connectivity index (χ3n) is 5.55. The van der Waals surface area contributed by atoms with E-state index in [0.717, 1.165) is 25.7 Å². The van der Waals surface area contributed by atoms with Crippen molar-refractivity contribution in [1.82, 2.24) is 14.2 Å². The van der Waals surface area contributed by atoms with Crippen molar-refractivity contribution < 1.29 is 13.2 Å². The zero-order valence-corrected chi connectivity index (χ0v) is 14.6. The predicted octanol–water partition coefficient (Wildman–Crippen LogP) is 1.35. The quantitative estimate of drug-likeness (QED) is 0.900. The Morgan fingerprint density at radius 3 is 2.52 bits per heavy atom. The molecule has 1 aliphatic heterocycles. The molecule has 1 atom stereocenters. The van der Waals surface area contributed by atoms with Crippen LogP contribution in [-0.4, -0.2) is 48.1 Å². The topological polar surface area (TPSA) is 71.4 Å². The molecule has 3 rings (SSSR count). The summed E-state index contributed by atoms with van der Waals surface area (Å²) in [6.07, 6.45) is 7.42. The average molecular weight is 339 g/mol. The fourth-order valence-corrected chi connectivity index (χ4v) is 4.90. The van der Waals surface area contributed by atoms with Gasteiger partial charge in [-0.2, -0.15) is 0 Å². The van der Waals surface area contributed by atoms with E-state index in [1.807, 2.05) is 30.1 Å². The second kappa shape index (κ2) is 5.94. The first kappa shape index (κ1) is 16.5. The van der Waals surface area contributed by atoms with Gasteiger partial charge < -0.3 is 9.88 Å². The number of hydrogen-bond donors (Lipinski definition) is 1. The lowest BCUT2D eigenvalue weighted by Gasteiger charge is -2.53. The maximum Gasteiger partial charge on any atom is 0.253 e. The van der Waals surface area contributed by atoms with Crippen LogP contribution in [0.3, 0.4) is 0 Å². The summed E-state index contributed by atoms with van der Waals surface area (Å²) in [4.78, 5) is 12.3. The number of amides is 1. The van der Waals surface area contributed by atoms with E-state index in [0.29, 0.717) is 18.7 Å². The maximum atomic E-state index is 12.3. The number of carbonyl (C=O) groups is 1. The Bertz CT molecular complexity index is 687. The minimum absolute atomic E-state index is 0.0294. The van der Waals surface area contributed by atoms with Crippen molar-refractivity contribution in [2.75, 3.05) is 18.8 Å². The van der Waals surface area contributed by atoms with Crippen LogP contribution in [0.1, 0.15) is 43.0 Å². The van der Waals surface area contributed by atoms with Gasteiger partial charge in [0, 0.05) is 38.6 Å². The number of hydrogen-bond acceptors (Lipinski definition) is 3. The lowest BCUT2D eigenvalue weighted by Crippen LogP contribution is -2.59. The highest BCUT2D eigenvalue weighted by Crippen LogP contribution is 2.49. The van der Waals surface area contributed by atoms with E-state index < -0.39 is 10.0 Å². The van der Waals surface area contributed by atoms with E-state index in [4.69, 9.17) is 0 Å². The van der Waals surface area contributed by atoms with Gasteiger partial charge in [-0.1, -0.05) is 0 Å². The van der Waals surface area contributed by atoms with Gasteiger partial charge in [-0.15, -0.1) is 0 Å². The Morgan fingerprint density at radius 2 is 2.04 bits per heavy atom. The standard InChI is InChI=1S/C16H25N3O3S/c1-3-23(21,22)19-10-7-16(8-11-19)6-4-14(16)17-15(20)13-5-9-18(2)12-13/h5,9,12,14H,3-4,6-8,10-11H2,1-2H3,(H,17,20)/t14-/m1/s1. The van der Waals surface area contributed by atoms with E-state index in [2.05, 4.69) is 5.32 Å². The summed E-state index contributed by atoms with van der Waals surface area (Å²) in [6.45, 7) is 2.84. The van der Waals surface area contributed by atoms with Crippen LogP contribution in [0, 0.1) is 5.41 Å². The summed E-state index contributed by atoms with van der Waals surface area (Å²) in [5.41, 5.74) is 0.769. The molecular formula is C16H25N3O3S. The van der Waals surface area contributed by atoms with Crippen LogP contribution in [0.25, 0.3) is 0 Å². The number of aromatic nitrogens is 1. The van der Waals surface area contributed by atoms with Crippen LogP contribution in [0.2, 0.25) is 0 Å². The molecule has 1 saturated heterocycles. The zero-order chi connectivity index (χ0) is 16.7. The summed E-state index contributed by atoms with van der Waals surface area (Å²) in [7, 11) is -1.20. The third-order valence-corrected chi connectivity index (χ3v) is 7.43. The largest absolute Gasteiger partial charge is 0.356 e. The van der Waals surface area contributed by atoms with Gasteiger partial charge in [-0.3, -0.25) is 4.79 Å². The van der Waals surface area contributed by atoms with E-state index in [-0.39, 0.29) is 23.1 Å². The number of piperidine rings is 1. The molecule has 128 valence electrons. The van der Waals surface area contributed by atoms with Gasteiger partial charge >= 0.3 is 0 Å². The SMILES string of the molecule is CCS(=O)(=O)N1CCC2(CC[C@H]2NC(=O)c2ccn(C)c2)CC1. The average Bonchev–Trinajstić information content (AvgIpc) is 2.98. The molecule has 7 heteroatoms. The predicted molar refractivity (Wildman–Crippen MR) is 88.6 cm³/mol. The highest BCUT2D eigenvalue weighted by Gasteiger charge is 2.49. The molecule has 1 amide bonds. The molecule has 2 heterocycles. The van der Waals surface area contributed by atoms with Crippen molar-refractivity contribution in [1.29, 1.82) is 0 Å². The lowest BCUT2D eigenvalue weighted by molar-refractivity contribution is 0.0126. The molecule has 0 unspecified atom stereocenters. The molecule has 0 aromatic carbocycles. The number of nitrogens with zero attached hydrogens (tertiary/aromatic N) is 2. The van der Waals surface area contributed by atoms with Gasteiger partial charge in [0.2, 0.25) is 10.0 Å². The molecule has 1 N–H and O–H groups in total. The Kier molecular flexibility index (Phi) is 4.27. The Hall–Kier alpha value is -1.34. The van der Waals surface area contributed by atoms with Crippen molar-refractivity contribution >= 4 is 15.9 Å². The zero-order valence-electron chi connectivity index (χ0n) is 13.8. The molecule has 2 aliphatic rings. The van der Waals surface area contributed by atoms with Crippen molar-refractivity contribution in [3.8, 4) is 0 Å². The molecule has 23 heavy (non-hydrogen) atoms. The van der Waals surface area contributed by atoms with E-state index in [1.54, 1.807) is 11.2 Å². The van der Waals surface area contributed by atoms with Crippen LogP contribution in [-0.2, 0) is 17.1 Å².